The van der Waals surface area contributed by atoms with Crippen molar-refractivity contribution in [3.63, 3.8) is 0 Å². The van der Waals surface area contributed by atoms with Crippen molar-refractivity contribution < 1.29 is 14.3 Å². The van der Waals surface area contributed by atoms with Crippen LogP contribution in [0.1, 0.15) is 52.7 Å². The summed E-state index contributed by atoms with van der Waals surface area (Å²) in [6, 6.07) is 9.75. The highest BCUT2D eigenvalue weighted by molar-refractivity contribution is 7.10. The van der Waals surface area contributed by atoms with Crippen molar-refractivity contribution in [1.29, 1.82) is 0 Å². The molecule has 2 heterocycles. The number of methoxy groups -OCH3 is 1. The number of likely N-dealkylation sites (tertiary alicyclic amines) is 1. The number of carbonyl (C=O) groups excluding carboxylic acids is 2. The summed E-state index contributed by atoms with van der Waals surface area (Å²) >= 11 is 1.58. The van der Waals surface area contributed by atoms with E-state index < -0.39 is 5.41 Å². The lowest BCUT2D eigenvalue weighted by Crippen LogP contribution is -2.49. The molecule has 2 aromatic rings. The molecule has 1 saturated heterocycles. The smallest absolute Gasteiger partial charge is 0.316 e. The van der Waals surface area contributed by atoms with E-state index in [-0.39, 0.29) is 11.9 Å². The van der Waals surface area contributed by atoms with Crippen molar-refractivity contribution in [3.05, 3.63) is 52.0 Å². The van der Waals surface area contributed by atoms with E-state index in [0.29, 0.717) is 37.5 Å². The first-order valence-corrected chi connectivity index (χ1v) is 9.91. The number of rotatable bonds is 4. The highest BCUT2D eigenvalue weighted by Gasteiger charge is 2.45. The van der Waals surface area contributed by atoms with Crippen LogP contribution in [0.5, 0.6) is 0 Å². The maximum Gasteiger partial charge on any atom is 0.316 e. The number of ether oxygens (including phenoxy) is 1. The summed E-state index contributed by atoms with van der Waals surface area (Å²) in [4.78, 5) is 31.7. The molecule has 5 nitrogen and oxygen atoms in total. The van der Waals surface area contributed by atoms with Gasteiger partial charge in [0.2, 0.25) is 0 Å². The molecule has 0 bridgehead atoms. The van der Waals surface area contributed by atoms with Gasteiger partial charge in [-0.25, -0.2) is 4.98 Å². The van der Waals surface area contributed by atoms with Crippen LogP contribution in [0.25, 0.3) is 0 Å². The Balaban J connectivity index is 1.50. The molecule has 1 aliphatic carbocycles. The third kappa shape index (κ3) is 3.03. The van der Waals surface area contributed by atoms with E-state index in [0.717, 1.165) is 10.6 Å². The number of hydrogen-bond donors (Lipinski definition) is 0. The second-order valence-electron chi connectivity index (χ2n) is 7.08. The Kier molecular flexibility index (Phi) is 4.53. The maximum absolute atomic E-state index is 12.8. The number of hydrogen-bond acceptors (Lipinski definition) is 5. The van der Waals surface area contributed by atoms with Crippen LogP contribution in [-0.4, -0.2) is 42.0 Å². The van der Waals surface area contributed by atoms with Gasteiger partial charge in [-0.2, -0.15) is 0 Å². The molecule has 0 radical (unpaired) electrons. The first-order valence-electron chi connectivity index (χ1n) is 9.03. The zero-order valence-corrected chi connectivity index (χ0v) is 15.6. The molecule has 1 aromatic carbocycles. The van der Waals surface area contributed by atoms with Crippen molar-refractivity contribution in [2.75, 3.05) is 20.2 Å². The summed E-state index contributed by atoms with van der Waals surface area (Å²) in [6.45, 7) is 1.05. The standard InChI is InChI=1S/C20H22N2O3S/c1-25-19(24)20(15-5-3-2-4-6-15)9-11-22(12-10-20)18(23)16-13-26-17(21-16)14-7-8-14/h2-6,13-14H,7-12H2,1H3. The van der Waals surface area contributed by atoms with Crippen LogP contribution in [0.2, 0.25) is 0 Å². The van der Waals surface area contributed by atoms with Gasteiger partial charge in [-0.3, -0.25) is 9.59 Å². The Hall–Kier alpha value is -2.21. The fraction of sp³-hybridized carbons (Fsp3) is 0.450. The predicted octanol–water partition coefficient (Wildman–Crippen LogP) is 3.37. The Bertz CT molecular complexity index is 805. The van der Waals surface area contributed by atoms with E-state index in [1.807, 2.05) is 40.6 Å². The molecule has 1 aromatic heterocycles. The van der Waals surface area contributed by atoms with Gasteiger partial charge in [-0.05, 0) is 31.2 Å². The SMILES string of the molecule is COC(=O)C1(c2ccccc2)CCN(C(=O)c2csc(C3CC3)n2)CC1. The van der Waals surface area contributed by atoms with E-state index >= 15 is 0 Å². The van der Waals surface area contributed by atoms with Gasteiger partial charge in [-0.15, -0.1) is 11.3 Å². The van der Waals surface area contributed by atoms with Gasteiger partial charge in [0.1, 0.15) is 5.69 Å². The van der Waals surface area contributed by atoms with Crippen LogP contribution in [0, 0.1) is 0 Å². The summed E-state index contributed by atoms with van der Waals surface area (Å²) in [7, 11) is 1.43. The van der Waals surface area contributed by atoms with Gasteiger partial charge in [-0.1, -0.05) is 30.3 Å². The van der Waals surface area contributed by atoms with E-state index in [9.17, 15) is 9.59 Å². The first-order chi connectivity index (χ1) is 12.6. The molecule has 26 heavy (non-hydrogen) atoms. The lowest BCUT2D eigenvalue weighted by molar-refractivity contribution is -0.149. The average Bonchev–Trinajstić information content (AvgIpc) is 3.44. The fourth-order valence-corrected chi connectivity index (χ4v) is 4.69. The molecular weight excluding hydrogens is 348 g/mol. The van der Waals surface area contributed by atoms with E-state index in [1.54, 1.807) is 11.3 Å². The minimum Gasteiger partial charge on any atom is -0.468 e. The van der Waals surface area contributed by atoms with Crippen LogP contribution in [0.4, 0.5) is 0 Å². The minimum absolute atomic E-state index is 0.0281. The van der Waals surface area contributed by atoms with Gasteiger partial charge >= 0.3 is 5.97 Å². The van der Waals surface area contributed by atoms with Crippen LogP contribution in [0.15, 0.2) is 35.7 Å². The average molecular weight is 370 g/mol. The van der Waals surface area contributed by atoms with E-state index in [4.69, 9.17) is 4.74 Å². The normalized spacial score (nSPS) is 19.2. The van der Waals surface area contributed by atoms with Gasteiger partial charge in [0, 0.05) is 24.4 Å². The van der Waals surface area contributed by atoms with Gasteiger partial charge in [0.05, 0.1) is 17.5 Å². The van der Waals surface area contributed by atoms with Crippen LogP contribution < -0.4 is 0 Å². The summed E-state index contributed by atoms with van der Waals surface area (Å²) in [6.07, 6.45) is 3.50. The number of nitrogens with zero attached hydrogens (tertiary/aromatic N) is 2. The highest BCUT2D eigenvalue weighted by atomic mass is 32.1. The summed E-state index contributed by atoms with van der Waals surface area (Å²) < 4.78 is 5.11. The second kappa shape index (κ2) is 6.83. The van der Waals surface area contributed by atoms with Gasteiger partial charge in [0.15, 0.2) is 0 Å². The first kappa shape index (κ1) is 17.2. The predicted molar refractivity (Wildman–Crippen MR) is 99.4 cm³/mol. The molecule has 1 saturated carbocycles. The molecular formula is C20H22N2O3S. The lowest BCUT2D eigenvalue weighted by atomic mass is 9.72. The van der Waals surface area contributed by atoms with Crippen LogP contribution >= 0.6 is 11.3 Å². The topological polar surface area (TPSA) is 59.5 Å². The number of amides is 1. The maximum atomic E-state index is 12.8. The Morgan fingerprint density at radius 1 is 1.19 bits per heavy atom. The van der Waals surface area contributed by atoms with Crippen molar-refractivity contribution in [2.45, 2.75) is 37.0 Å². The number of carbonyl (C=O) groups is 2. The molecule has 4 rings (SSSR count). The molecule has 0 spiro atoms. The van der Waals surface area contributed by atoms with Crippen LogP contribution in [-0.2, 0) is 14.9 Å². The number of aromatic nitrogens is 1. The molecule has 1 amide bonds. The lowest BCUT2D eigenvalue weighted by Gasteiger charge is -2.39. The van der Waals surface area contributed by atoms with E-state index in [1.165, 1.54) is 20.0 Å². The van der Waals surface area contributed by atoms with Crippen molar-refractivity contribution in [1.82, 2.24) is 9.88 Å². The van der Waals surface area contributed by atoms with Crippen molar-refractivity contribution in [3.8, 4) is 0 Å². The minimum atomic E-state index is -0.673. The highest BCUT2D eigenvalue weighted by Crippen LogP contribution is 2.42. The van der Waals surface area contributed by atoms with Crippen molar-refractivity contribution in [2.24, 2.45) is 0 Å². The zero-order valence-electron chi connectivity index (χ0n) is 14.8. The van der Waals surface area contributed by atoms with E-state index in [2.05, 4.69) is 4.98 Å². The molecule has 0 unspecified atom stereocenters. The molecule has 0 atom stereocenters. The molecule has 1 aliphatic heterocycles. The number of esters is 1. The molecule has 136 valence electrons. The number of thiazole rings is 1. The number of benzene rings is 1. The Morgan fingerprint density at radius 2 is 1.88 bits per heavy atom. The Morgan fingerprint density at radius 3 is 2.50 bits per heavy atom. The fourth-order valence-electron chi connectivity index (χ4n) is 3.72. The molecule has 0 N–H and O–H groups in total. The molecule has 2 aliphatic rings. The van der Waals surface area contributed by atoms with Crippen LogP contribution in [0.3, 0.4) is 0 Å². The summed E-state index contributed by atoms with van der Waals surface area (Å²) in [5.41, 5.74) is 0.833. The Labute approximate surface area is 157 Å². The quantitative estimate of drug-likeness (QED) is 0.774. The monoisotopic (exact) mass is 370 g/mol. The van der Waals surface area contributed by atoms with Gasteiger partial charge < -0.3 is 9.64 Å². The summed E-state index contributed by atoms with van der Waals surface area (Å²) in [5.74, 6) is 0.313. The molecule has 2 fully saturated rings. The molecule has 6 heteroatoms. The van der Waals surface area contributed by atoms with Gasteiger partial charge in [0.25, 0.3) is 5.91 Å². The third-order valence-electron chi connectivity index (χ3n) is 5.47. The third-order valence-corrected chi connectivity index (χ3v) is 6.48. The largest absolute Gasteiger partial charge is 0.468 e. The summed E-state index contributed by atoms with van der Waals surface area (Å²) in [5, 5.41) is 2.95. The van der Waals surface area contributed by atoms with Crippen molar-refractivity contribution >= 4 is 23.2 Å². The zero-order chi connectivity index (χ0) is 18.1. The second-order valence-corrected chi connectivity index (χ2v) is 7.97. The number of piperidine rings is 1.